The molecule has 3 N–H and O–H groups in total. The summed E-state index contributed by atoms with van der Waals surface area (Å²) in [5, 5.41) is 3.06. The van der Waals surface area contributed by atoms with Crippen LogP contribution < -0.4 is 11.1 Å². The summed E-state index contributed by atoms with van der Waals surface area (Å²) in [6.45, 7) is 9.29. The number of carbonyl (C=O) groups is 1. The number of amides is 1. The lowest BCUT2D eigenvalue weighted by Crippen LogP contribution is -2.48. The van der Waals surface area contributed by atoms with Crippen LogP contribution in [0.1, 0.15) is 59.3 Å². The predicted octanol–water partition coefficient (Wildman–Crippen LogP) is 2.55. The molecule has 1 saturated carbocycles. The van der Waals surface area contributed by atoms with E-state index in [-0.39, 0.29) is 30.4 Å². The van der Waals surface area contributed by atoms with Crippen LogP contribution in [0.2, 0.25) is 0 Å². The second kappa shape index (κ2) is 11.3. The first kappa shape index (κ1) is 20.7. The number of hydrogen-bond donors (Lipinski definition) is 2. The first-order valence-corrected chi connectivity index (χ1v) is 8.35. The summed E-state index contributed by atoms with van der Waals surface area (Å²) in [7, 11) is 0. The van der Waals surface area contributed by atoms with E-state index in [1.807, 2.05) is 0 Å². The standard InChI is InChI=1S/C16H33N3O.ClH/c1-4-19(5-2)12-13(3)18-16(20)15(17)11-14-9-7-6-8-10-14;/h13-15H,4-12,17H2,1-3H3,(H,18,20);1H. The number of halogens is 1. The molecule has 1 aliphatic rings. The second-order valence-corrected chi connectivity index (χ2v) is 6.24. The number of likely N-dealkylation sites (N-methyl/N-ethyl adjacent to an activating group) is 1. The number of carbonyl (C=O) groups excluding carboxylic acids is 1. The fourth-order valence-electron chi connectivity index (χ4n) is 3.15. The van der Waals surface area contributed by atoms with Gasteiger partial charge < -0.3 is 16.0 Å². The molecular weight excluding hydrogens is 286 g/mol. The van der Waals surface area contributed by atoms with Crippen LogP contribution in [0.15, 0.2) is 0 Å². The van der Waals surface area contributed by atoms with Crippen LogP contribution in [0.3, 0.4) is 0 Å². The van der Waals surface area contributed by atoms with Crippen molar-refractivity contribution in [3.05, 3.63) is 0 Å². The van der Waals surface area contributed by atoms with Crippen LogP contribution in [0.4, 0.5) is 0 Å². The highest BCUT2D eigenvalue weighted by Gasteiger charge is 2.22. The predicted molar refractivity (Wildman–Crippen MR) is 91.8 cm³/mol. The van der Waals surface area contributed by atoms with Gasteiger partial charge in [0.15, 0.2) is 0 Å². The van der Waals surface area contributed by atoms with Gasteiger partial charge in [0.2, 0.25) is 5.91 Å². The van der Waals surface area contributed by atoms with E-state index >= 15 is 0 Å². The van der Waals surface area contributed by atoms with Crippen molar-refractivity contribution in [1.29, 1.82) is 0 Å². The number of hydrogen-bond acceptors (Lipinski definition) is 3. The van der Waals surface area contributed by atoms with Gasteiger partial charge in [-0.1, -0.05) is 46.0 Å². The summed E-state index contributed by atoms with van der Waals surface area (Å²) < 4.78 is 0. The van der Waals surface area contributed by atoms with Crippen molar-refractivity contribution in [1.82, 2.24) is 10.2 Å². The SMILES string of the molecule is CCN(CC)CC(C)NC(=O)C(N)CC1CCCCC1.Cl. The second-order valence-electron chi connectivity index (χ2n) is 6.24. The monoisotopic (exact) mass is 319 g/mol. The van der Waals surface area contributed by atoms with Gasteiger partial charge in [0.05, 0.1) is 6.04 Å². The average molecular weight is 320 g/mol. The maximum atomic E-state index is 12.1. The Kier molecular flexibility index (Phi) is 11.1. The molecule has 4 nitrogen and oxygen atoms in total. The Bertz CT molecular complexity index is 279. The van der Waals surface area contributed by atoms with Crippen LogP contribution in [-0.4, -0.2) is 42.5 Å². The Morgan fingerprint density at radius 1 is 1.24 bits per heavy atom. The lowest BCUT2D eigenvalue weighted by molar-refractivity contribution is -0.123. The minimum absolute atomic E-state index is 0. The normalized spacial score (nSPS) is 18.9. The molecule has 2 atom stereocenters. The zero-order valence-electron chi connectivity index (χ0n) is 13.9. The van der Waals surface area contributed by atoms with Crippen LogP contribution in [0.25, 0.3) is 0 Å². The summed E-state index contributed by atoms with van der Waals surface area (Å²) in [5.41, 5.74) is 6.07. The third-order valence-electron chi connectivity index (χ3n) is 4.46. The Balaban J connectivity index is 0.00000400. The van der Waals surface area contributed by atoms with Gasteiger partial charge in [-0.25, -0.2) is 0 Å². The van der Waals surface area contributed by atoms with Gasteiger partial charge in [-0.05, 0) is 32.4 Å². The topological polar surface area (TPSA) is 58.4 Å². The zero-order valence-corrected chi connectivity index (χ0v) is 14.8. The fraction of sp³-hybridized carbons (Fsp3) is 0.938. The molecule has 1 fully saturated rings. The molecule has 5 heteroatoms. The molecule has 0 aromatic carbocycles. The molecule has 0 aromatic rings. The Hall–Kier alpha value is -0.320. The molecule has 21 heavy (non-hydrogen) atoms. The average Bonchev–Trinajstić information content (AvgIpc) is 2.45. The van der Waals surface area contributed by atoms with Crippen LogP contribution >= 0.6 is 12.4 Å². The van der Waals surface area contributed by atoms with Crippen molar-refractivity contribution in [2.24, 2.45) is 11.7 Å². The first-order valence-electron chi connectivity index (χ1n) is 8.35. The van der Waals surface area contributed by atoms with Crippen molar-refractivity contribution < 1.29 is 4.79 Å². The molecule has 0 spiro atoms. The van der Waals surface area contributed by atoms with Gasteiger partial charge in [-0.3, -0.25) is 4.79 Å². The molecule has 0 bridgehead atoms. The van der Waals surface area contributed by atoms with Crippen molar-refractivity contribution in [3.63, 3.8) is 0 Å². The lowest BCUT2D eigenvalue weighted by Gasteiger charge is -2.27. The third kappa shape index (κ3) is 8.03. The van der Waals surface area contributed by atoms with E-state index in [2.05, 4.69) is 31.0 Å². The minimum atomic E-state index is -0.336. The highest BCUT2D eigenvalue weighted by atomic mass is 35.5. The maximum absolute atomic E-state index is 12.1. The molecule has 0 saturated heterocycles. The van der Waals surface area contributed by atoms with E-state index in [9.17, 15) is 4.79 Å². The van der Waals surface area contributed by atoms with Crippen molar-refractivity contribution >= 4 is 18.3 Å². The van der Waals surface area contributed by atoms with Gasteiger partial charge >= 0.3 is 0 Å². The highest BCUT2D eigenvalue weighted by Crippen LogP contribution is 2.26. The number of nitrogens with one attached hydrogen (secondary N) is 1. The Morgan fingerprint density at radius 3 is 2.33 bits per heavy atom. The number of nitrogens with two attached hydrogens (primary N) is 1. The molecule has 0 heterocycles. The summed E-state index contributed by atoms with van der Waals surface area (Å²) in [4.78, 5) is 14.4. The number of nitrogens with zero attached hydrogens (tertiary/aromatic N) is 1. The zero-order chi connectivity index (χ0) is 15.0. The van der Waals surface area contributed by atoms with E-state index in [1.54, 1.807) is 0 Å². The number of rotatable bonds is 8. The van der Waals surface area contributed by atoms with E-state index in [1.165, 1.54) is 32.1 Å². The highest BCUT2D eigenvalue weighted by molar-refractivity contribution is 5.85. The van der Waals surface area contributed by atoms with E-state index in [0.29, 0.717) is 5.92 Å². The van der Waals surface area contributed by atoms with E-state index in [4.69, 9.17) is 5.73 Å². The van der Waals surface area contributed by atoms with E-state index in [0.717, 1.165) is 26.1 Å². The van der Waals surface area contributed by atoms with Crippen molar-refractivity contribution in [2.45, 2.75) is 71.4 Å². The quantitative estimate of drug-likeness (QED) is 0.723. The van der Waals surface area contributed by atoms with Crippen LogP contribution in [0, 0.1) is 5.92 Å². The smallest absolute Gasteiger partial charge is 0.237 e. The molecular formula is C16H34ClN3O. The van der Waals surface area contributed by atoms with Gasteiger partial charge in [-0.2, -0.15) is 0 Å². The van der Waals surface area contributed by atoms with E-state index < -0.39 is 0 Å². The maximum Gasteiger partial charge on any atom is 0.237 e. The lowest BCUT2D eigenvalue weighted by atomic mass is 9.85. The van der Waals surface area contributed by atoms with Gasteiger partial charge in [-0.15, -0.1) is 12.4 Å². The Morgan fingerprint density at radius 2 is 1.81 bits per heavy atom. The van der Waals surface area contributed by atoms with Gasteiger partial charge in [0.1, 0.15) is 0 Å². The summed E-state index contributed by atoms with van der Waals surface area (Å²) in [5.74, 6) is 0.679. The minimum Gasteiger partial charge on any atom is -0.351 e. The van der Waals surface area contributed by atoms with Crippen molar-refractivity contribution in [2.75, 3.05) is 19.6 Å². The molecule has 1 amide bonds. The summed E-state index contributed by atoms with van der Waals surface area (Å²) in [6, 6.07) is -0.169. The van der Waals surface area contributed by atoms with Crippen molar-refractivity contribution in [3.8, 4) is 0 Å². The first-order chi connectivity index (χ1) is 9.56. The third-order valence-corrected chi connectivity index (χ3v) is 4.46. The fourth-order valence-corrected chi connectivity index (χ4v) is 3.15. The molecule has 0 radical (unpaired) electrons. The van der Waals surface area contributed by atoms with Crippen LogP contribution in [-0.2, 0) is 4.79 Å². The molecule has 1 rings (SSSR count). The Labute approximate surface area is 136 Å². The molecule has 2 unspecified atom stereocenters. The van der Waals surface area contributed by atoms with Gasteiger partial charge in [0, 0.05) is 12.6 Å². The molecule has 1 aliphatic carbocycles. The van der Waals surface area contributed by atoms with Crippen LogP contribution in [0.5, 0.6) is 0 Å². The molecule has 0 aromatic heterocycles. The summed E-state index contributed by atoms with van der Waals surface area (Å²) in [6.07, 6.45) is 7.30. The largest absolute Gasteiger partial charge is 0.351 e. The van der Waals surface area contributed by atoms with Gasteiger partial charge in [0.25, 0.3) is 0 Å². The molecule has 126 valence electrons. The summed E-state index contributed by atoms with van der Waals surface area (Å²) >= 11 is 0. The molecule has 0 aliphatic heterocycles.